The number of nitrogens with zero attached hydrogens (tertiary/aromatic N) is 3. The van der Waals surface area contributed by atoms with Crippen LogP contribution in [0.25, 0.3) is 16.7 Å². The SMILES string of the molecule is Cc1cc2occ(CC(=O)Nc3ccc(-n4cncn4)c(F)c3)c2cc1C(C)C. The van der Waals surface area contributed by atoms with Crippen LogP contribution < -0.4 is 5.32 Å². The van der Waals surface area contributed by atoms with Crippen molar-refractivity contribution < 1.29 is 13.6 Å². The van der Waals surface area contributed by atoms with E-state index < -0.39 is 5.82 Å². The summed E-state index contributed by atoms with van der Waals surface area (Å²) in [4.78, 5) is 16.3. The highest BCUT2D eigenvalue weighted by Crippen LogP contribution is 2.29. The largest absolute Gasteiger partial charge is 0.464 e. The lowest BCUT2D eigenvalue weighted by Crippen LogP contribution is -2.14. The van der Waals surface area contributed by atoms with Crippen molar-refractivity contribution in [2.24, 2.45) is 0 Å². The summed E-state index contributed by atoms with van der Waals surface area (Å²) in [6.45, 7) is 6.33. The van der Waals surface area contributed by atoms with Crippen LogP contribution in [0.1, 0.15) is 36.5 Å². The normalized spacial score (nSPS) is 11.3. The molecule has 0 aliphatic rings. The Kier molecular flexibility index (Phi) is 4.88. The van der Waals surface area contributed by atoms with Gasteiger partial charge >= 0.3 is 0 Å². The fourth-order valence-electron chi connectivity index (χ4n) is 3.48. The summed E-state index contributed by atoms with van der Waals surface area (Å²) >= 11 is 0. The van der Waals surface area contributed by atoms with Gasteiger partial charge in [-0.2, -0.15) is 5.10 Å². The van der Waals surface area contributed by atoms with Crippen LogP contribution in [0.5, 0.6) is 0 Å². The van der Waals surface area contributed by atoms with E-state index in [9.17, 15) is 9.18 Å². The highest BCUT2D eigenvalue weighted by molar-refractivity contribution is 5.95. The smallest absolute Gasteiger partial charge is 0.228 e. The van der Waals surface area contributed by atoms with Crippen molar-refractivity contribution in [2.45, 2.75) is 33.1 Å². The molecule has 7 heteroatoms. The van der Waals surface area contributed by atoms with Crippen molar-refractivity contribution in [3.05, 3.63) is 71.8 Å². The summed E-state index contributed by atoms with van der Waals surface area (Å²) in [6.07, 6.45) is 4.49. The van der Waals surface area contributed by atoms with Gasteiger partial charge in [0.15, 0.2) is 5.82 Å². The van der Waals surface area contributed by atoms with Gasteiger partial charge in [-0.25, -0.2) is 14.1 Å². The number of nitrogens with one attached hydrogen (secondary N) is 1. The van der Waals surface area contributed by atoms with E-state index in [0.717, 1.165) is 16.5 Å². The van der Waals surface area contributed by atoms with Crippen LogP contribution in [0.3, 0.4) is 0 Å². The van der Waals surface area contributed by atoms with Gasteiger partial charge in [0.1, 0.15) is 23.9 Å². The molecule has 0 saturated carbocycles. The van der Waals surface area contributed by atoms with Crippen molar-refractivity contribution in [1.29, 1.82) is 0 Å². The first-order valence-corrected chi connectivity index (χ1v) is 9.37. The third-order valence-corrected chi connectivity index (χ3v) is 4.91. The molecule has 0 aliphatic carbocycles. The molecular formula is C22H21FN4O2. The Labute approximate surface area is 167 Å². The number of aromatic nitrogens is 3. The Hall–Kier alpha value is -3.48. The number of carbonyl (C=O) groups is 1. The van der Waals surface area contributed by atoms with Gasteiger partial charge in [-0.05, 0) is 54.3 Å². The first-order chi connectivity index (χ1) is 13.9. The molecule has 4 aromatic rings. The van der Waals surface area contributed by atoms with Crippen LogP contribution in [0.15, 0.2) is 53.7 Å². The maximum atomic E-state index is 14.4. The Bertz CT molecular complexity index is 1180. The van der Waals surface area contributed by atoms with E-state index in [1.54, 1.807) is 18.4 Å². The highest BCUT2D eigenvalue weighted by Gasteiger charge is 2.15. The van der Waals surface area contributed by atoms with Gasteiger partial charge in [-0.3, -0.25) is 4.79 Å². The van der Waals surface area contributed by atoms with E-state index in [1.165, 1.54) is 34.5 Å². The number of benzene rings is 2. The van der Waals surface area contributed by atoms with Crippen molar-refractivity contribution >= 4 is 22.6 Å². The number of furan rings is 1. The third kappa shape index (κ3) is 3.76. The molecule has 1 amide bonds. The molecule has 4 rings (SSSR count). The van der Waals surface area contributed by atoms with E-state index in [2.05, 4.69) is 42.2 Å². The summed E-state index contributed by atoms with van der Waals surface area (Å²) in [6, 6.07) is 8.54. The fourth-order valence-corrected chi connectivity index (χ4v) is 3.48. The number of fused-ring (bicyclic) bond motifs is 1. The zero-order valence-corrected chi connectivity index (χ0v) is 16.4. The number of carbonyl (C=O) groups excluding carboxylic acids is 1. The summed E-state index contributed by atoms with van der Waals surface area (Å²) in [5, 5.41) is 7.58. The molecular weight excluding hydrogens is 371 g/mol. The summed E-state index contributed by atoms with van der Waals surface area (Å²) < 4.78 is 21.3. The van der Waals surface area contributed by atoms with Crippen LogP contribution in [-0.2, 0) is 11.2 Å². The molecule has 1 N–H and O–H groups in total. The van der Waals surface area contributed by atoms with Crippen molar-refractivity contribution in [3.63, 3.8) is 0 Å². The van der Waals surface area contributed by atoms with E-state index >= 15 is 0 Å². The molecule has 148 valence electrons. The lowest BCUT2D eigenvalue weighted by molar-refractivity contribution is -0.115. The molecule has 0 saturated heterocycles. The predicted molar refractivity (Wildman–Crippen MR) is 109 cm³/mol. The Morgan fingerprint density at radius 2 is 2.10 bits per heavy atom. The minimum atomic E-state index is -0.501. The van der Waals surface area contributed by atoms with Gasteiger partial charge in [-0.1, -0.05) is 13.8 Å². The molecule has 0 spiro atoms. The average Bonchev–Trinajstić information content (AvgIpc) is 3.31. The summed E-state index contributed by atoms with van der Waals surface area (Å²) in [7, 11) is 0. The monoisotopic (exact) mass is 392 g/mol. The molecule has 2 aromatic heterocycles. The van der Waals surface area contributed by atoms with Gasteiger partial charge in [0.25, 0.3) is 0 Å². The zero-order chi connectivity index (χ0) is 20.5. The van der Waals surface area contributed by atoms with Crippen LogP contribution in [0, 0.1) is 12.7 Å². The van der Waals surface area contributed by atoms with Crippen LogP contribution >= 0.6 is 0 Å². The number of hydrogen-bond donors (Lipinski definition) is 1. The lowest BCUT2D eigenvalue weighted by atomic mass is 9.95. The molecule has 0 unspecified atom stereocenters. The van der Waals surface area contributed by atoms with E-state index in [4.69, 9.17) is 4.42 Å². The standard InChI is InChI=1S/C22H21FN4O2/c1-13(2)17-9-18-15(10-29-21(18)6-14(17)3)7-22(28)26-16-4-5-20(19(23)8-16)27-12-24-11-25-27/h4-6,8-13H,7H2,1-3H3,(H,26,28). The lowest BCUT2D eigenvalue weighted by Gasteiger charge is -2.10. The number of amides is 1. The number of halogens is 1. The second kappa shape index (κ2) is 7.50. The maximum Gasteiger partial charge on any atom is 0.228 e. The summed E-state index contributed by atoms with van der Waals surface area (Å²) in [5.74, 6) is -0.367. The predicted octanol–water partition coefficient (Wildman–Crippen LogP) is 4.77. The number of rotatable bonds is 5. The Morgan fingerprint density at radius 3 is 2.79 bits per heavy atom. The first kappa shape index (κ1) is 18.9. The van der Waals surface area contributed by atoms with Gasteiger partial charge in [0.05, 0.1) is 12.7 Å². The molecule has 2 heterocycles. The Balaban J connectivity index is 1.53. The second-order valence-electron chi connectivity index (χ2n) is 7.35. The van der Waals surface area contributed by atoms with Gasteiger partial charge in [-0.15, -0.1) is 0 Å². The molecule has 0 bridgehead atoms. The maximum absolute atomic E-state index is 14.4. The second-order valence-corrected chi connectivity index (χ2v) is 7.35. The summed E-state index contributed by atoms with van der Waals surface area (Å²) in [5.41, 5.74) is 4.60. The van der Waals surface area contributed by atoms with Crippen molar-refractivity contribution in [1.82, 2.24) is 14.8 Å². The first-order valence-electron chi connectivity index (χ1n) is 9.37. The minimum Gasteiger partial charge on any atom is -0.464 e. The molecule has 0 atom stereocenters. The van der Waals surface area contributed by atoms with Crippen LogP contribution in [0.4, 0.5) is 10.1 Å². The molecule has 0 aliphatic heterocycles. The number of hydrogen-bond acceptors (Lipinski definition) is 4. The average molecular weight is 392 g/mol. The van der Waals surface area contributed by atoms with Gasteiger partial charge < -0.3 is 9.73 Å². The molecule has 2 aromatic carbocycles. The number of anilines is 1. The Morgan fingerprint density at radius 1 is 1.28 bits per heavy atom. The molecule has 6 nitrogen and oxygen atoms in total. The van der Waals surface area contributed by atoms with E-state index in [1.807, 2.05) is 6.07 Å². The van der Waals surface area contributed by atoms with Crippen LogP contribution in [-0.4, -0.2) is 20.7 Å². The topological polar surface area (TPSA) is 73.0 Å². The van der Waals surface area contributed by atoms with Gasteiger partial charge in [0.2, 0.25) is 5.91 Å². The van der Waals surface area contributed by atoms with Crippen LogP contribution in [0.2, 0.25) is 0 Å². The molecule has 29 heavy (non-hydrogen) atoms. The highest BCUT2D eigenvalue weighted by atomic mass is 19.1. The molecule has 0 radical (unpaired) electrons. The quantitative estimate of drug-likeness (QED) is 0.531. The minimum absolute atomic E-state index is 0.139. The van der Waals surface area contributed by atoms with E-state index in [-0.39, 0.29) is 18.0 Å². The third-order valence-electron chi connectivity index (χ3n) is 4.91. The van der Waals surface area contributed by atoms with Crippen molar-refractivity contribution in [2.75, 3.05) is 5.32 Å². The fraction of sp³-hybridized carbons (Fsp3) is 0.227. The molecule has 0 fully saturated rings. The van der Waals surface area contributed by atoms with Gasteiger partial charge in [0, 0.05) is 16.6 Å². The number of aryl methyl sites for hydroxylation is 1. The van der Waals surface area contributed by atoms with Crippen molar-refractivity contribution in [3.8, 4) is 5.69 Å². The zero-order valence-electron chi connectivity index (χ0n) is 16.4. The van der Waals surface area contributed by atoms with E-state index in [0.29, 0.717) is 11.6 Å².